The Hall–Kier alpha value is -4.64. The highest BCUT2D eigenvalue weighted by molar-refractivity contribution is 7.22. The van der Waals surface area contributed by atoms with E-state index < -0.39 is 11.8 Å². The van der Waals surface area contributed by atoms with E-state index in [1.54, 1.807) is 30.4 Å². The van der Waals surface area contributed by atoms with Gasteiger partial charge in [-0.25, -0.2) is 19.2 Å². The minimum atomic E-state index is -0.470. The van der Waals surface area contributed by atoms with E-state index in [-0.39, 0.29) is 24.7 Å². The molecular weight excluding hydrogens is 650 g/mol. The first kappa shape index (κ1) is 33.3. The van der Waals surface area contributed by atoms with Gasteiger partial charge in [0.05, 0.1) is 30.0 Å². The fourth-order valence-electron chi connectivity index (χ4n) is 5.30. The van der Waals surface area contributed by atoms with Crippen molar-refractivity contribution in [3.8, 4) is 17.6 Å². The van der Waals surface area contributed by atoms with Crippen LogP contribution in [0, 0.1) is 24.6 Å². The number of ether oxygens (including phenoxy) is 2. The van der Waals surface area contributed by atoms with E-state index in [0.29, 0.717) is 42.4 Å². The van der Waals surface area contributed by atoms with Crippen LogP contribution < -0.4 is 15.0 Å². The van der Waals surface area contributed by atoms with Gasteiger partial charge in [0.25, 0.3) is 0 Å². The van der Waals surface area contributed by atoms with Crippen LogP contribution in [0.2, 0.25) is 0 Å². The van der Waals surface area contributed by atoms with Crippen molar-refractivity contribution in [3.05, 3.63) is 75.5 Å². The van der Waals surface area contributed by atoms with E-state index in [1.165, 1.54) is 17.4 Å². The van der Waals surface area contributed by atoms with Crippen LogP contribution in [-0.4, -0.2) is 71.4 Å². The average Bonchev–Trinajstić information content (AvgIpc) is 3.69. The maximum atomic E-state index is 14.7. The highest BCUT2D eigenvalue weighted by Gasteiger charge is 2.29. The third-order valence-corrected chi connectivity index (χ3v) is 9.75. The van der Waals surface area contributed by atoms with Crippen molar-refractivity contribution < 1.29 is 18.7 Å². The first-order valence-corrected chi connectivity index (χ1v) is 17.4. The number of nitrogens with one attached hydrogen (secondary N) is 1. The molecule has 0 aliphatic carbocycles. The number of para-hydroxylation sites is 1. The Morgan fingerprint density at radius 1 is 1.15 bits per heavy atom. The number of aromatic nitrogens is 4. The molecule has 248 valence electrons. The molecule has 0 unspecified atom stereocenters. The number of carbonyl (C=O) groups is 1. The van der Waals surface area contributed by atoms with Crippen molar-refractivity contribution >= 4 is 60.8 Å². The minimum Gasteiger partial charge on any atom is -0.491 e. The lowest BCUT2D eigenvalue weighted by molar-refractivity contribution is 0.0519. The van der Waals surface area contributed by atoms with E-state index in [4.69, 9.17) is 14.5 Å². The summed E-state index contributed by atoms with van der Waals surface area (Å²) < 4.78 is 26.9. The molecule has 1 aliphatic rings. The number of benzene rings is 2. The van der Waals surface area contributed by atoms with Gasteiger partial charge in [-0.1, -0.05) is 35.3 Å². The van der Waals surface area contributed by atoms with Gasteiger partial charge in [-0.3, -0.25) is 4.90 Å². The standard InChI is InChI=1S/C35H36FN7O3S2/c1-5-45-33(44)30-29(15-10-20-46-27-17-16-23(21-25(27)36)11-8-18-42(3)4)48-35(38-30)43-19-9-12-24-22(2)31(40-41-32(24)43)39-34-37-26-13-6-7-14-28(26)47-34/h6-7,13-14,16-17,21H,5,9-10,12,15,18-20H2,1-4H3,(H,37,39,40). The lowest BCUT2D eigenvalue weighted by Gasteiger charge is -2.28. The van der Waals surface area contributed by atoms with E-state index in [1.807, 2.05) is 55.1 Å². The van der Waals surface area contributed by atoms with Gasteiger partial charge in [-0.15, -0.1) is 21.5 Å². The Morgan fingerprint density at radius 3 is 2.79 bits per heavy atom. The number of nitrogens with zero attached hydrogens (tertiary/aromatic N) is 6. The van der Waals surface area contributed by atoms with Gasteiger partial charge in [0.15, 0.2) is 39.2 Å². The molecular formula is C35H36FN7O3S2. The maximum Gasteiger partial charge on any atom is 0.358 e. The second-order valence-corrected chi connectivity index (χ2v) is 13.6. The highest BCUT2D eigenvalue weighted by Crippen LogP contribution is 2.39. The summed E-state index contributed by atoms with van der Waals surface area (Å²) in [5.41, 5.74) is 3.90. The Balaban J connectivity index is 1.16. The molecule has 0 bridgehead atoms. The fraction of sp³-hybridized carbons (Fsp3) is 0.343. The van der Waals surface area contributed by atoms with Crippen LogP contribution in [0.1, 0.15) is 51.8 Å². The van der Waals surface area contributed by atoms with Crippen molar-refractivity contribution in [2.75, 3.05) is 50.6 Å². The van der Waals surface area contributed by atoms with Crippen LogP contribution in [0.4, 0.5) is 26.3 Å². The Bertz CT molecular complexity index is 1970. The Morgan fingerprint density at radius 2 is 2.00 bits per heavy atom. The second-order valence-electron chi connectivity index (χ2n) is 11.5. The molecule has 0 fully saturated rings. The van der Waals surface area contributed by atoms with Gasteiger partial charge >= 0.3 is 5.97 Å². The number of aryl methyl sites for hydroxylation is 1. The van der Waals surface area contributed by atoms with Crippen LogP contribution in [0.15, 0.2) is 42.5 Å². The molecule has 10 nitrogen and oxygen atoms in total. The average molecular weight is 686 g/mol. The Kier molecular flexibility index (Phi) is 10.4. The summed E-state index contributed by atoms with van der Waals surface area (Å²) in [5.74, 6) is 6.60. The van der Waals surface area contributed by atoms with Gasteiger partial charge in [-0.05, 0) is 84.0 Å². The van der Waals surface area contributed by atoms with Gasteiger partial charge in [0, 0.05) is 28.1 Å². The van der Waals surface area contributed by atoms with E-state index >= 15 is 0 Å². The molecule has 13 heteroatoms. The number of halogens is 1. The van der Waals surface area contributed by atoms with E-state index in [9.17, 15) is 9.18 Å². The summed E-state index contributed by atoms with van der Waals surface area (Å²) >= 11 is 3.01. The van der Waals surface area contributed by atoms with Crippen LogP contribution >= 0.6 is 22.7 Å². The summed E-state index contributed by atoms with van der Waals surface area (Å²) in [6.45, 7) is 5.60. The van der Waals surface area contributed by atoms with Crippen molar-refractivity contribution in [1.82, 2.24) is 25.1 Å². The number of anilines is 4. The fourth-order valence-corrected chi connectivity index (χ4v) is 7.29. The third kappa shape index (κ3) is 7.57. The highest BCUT2D eigenvalue weighted by atomic mass is 32.1. The number of hydrogen-bond acceptors (Lipinski definition) is 12. The van der Waals surface area contributed by atoms with Crippen LogP contribution in [0.3, 0.4) is 0 Å². The predicted octanol–water partition coefficient (Wildman–Crippen LogP) is 6.92. The molecule has 0 saturated carbocycles. The SMILES string of the molecule is CCOC(=O)c1nc(N2CCCc3c2nnc(Nc2nc4ccccc4s2)c3C)sc1CCCOc1ccc(C#CCN(C)C)cc1F. The molecule has 0 spiro atoms. The summed E-state index contributed by atoms with van der Waals surface area (Å²) in [7, 11) is 3.86. The molecule has 1 aliphatic heterocycles. The molecule has 0 amide bonds. The summed E-state index contributed by atoms with van der Waals surface area (Å²) in [5, 5.41) is 14.0. The van der Waals surface area contributed by atoms with Crippen molar-refractivity contribution in [1.29, 1.82) is 0 Å². The number of thiazole rings is 2. The van der Waals surface area contributed by atoms with Crippen LogP contribution in [0.25, 0.3) is 10.2 Å². The van der Waals surface area contributed by atoms with Gasteiger partial charge in [0.2, 0.25) is 0 Å². The van der Waals surface area contributed by atoms with Crippen molar-refractivity contribution in [3.63, 3.8) is 0 Å². The Labute approximate surface area is 287 Å². The zero-order valence-electron chi connectivity index (χ0n) is 27.3. The van der Waals surface area contributed by atoms with Crippen molar-refractivity contribution in [2.45, 2.75) is 39.5 Å². The summed E-state index contributed by atoms with van der Waals surface area (Å²) in [6.07, 6.45) is 2.80. The number of fused-ring (bicyclic) bond motifs is 2. The lowest BCUT2D eigenvalue weighted by atomic mass is 10.0. The number of rotatable bonds is 11. The second kappa shape index (κ2) is 15.1. The molecule has 48 heavy (non-hydrogen) atoms. The van der Waals surface area contributed by atoms with Gasteiger partial charge in [-0.2, -0.15) is 0 Å². The molecule has 4 heterocycles. The molecule has 5 aromatic rings. The van der Waals surface area contributed by atoms with Crippen LogP contribution in [0.5, 0.6) is 5.75 Å². The van der Waals surface area contributed by atoms with Gasteiger partial charge < -0.3 is 19.7 Å². The monoisotopic (exact) mass is 685 g/mol. The summed E-state index contributed by atoms with van der Waals surface area (Å²) in [6, 6.07) is 12.7. The van der Waals surface area contributed by atoms with Crippen LogP contribution in [-0.2, 0) is 17.6 Å². The number of carbonyl (C=O) groups excluding carboxylic acids is 1. The first-order chi connectivity index (χ1) is 23.3. The smallest absolute Gasteiger partial charge is 0.358 e. The molecule has 3 aromatic heterocycles. The molecule has 6 rings (SSSR count). The third-order valence-electron chi connectivity index (χ3n) is 7.66. The number of esters is 1. The minimum absolute atomic E-state index is 0.166. The molecule has 1 N–H and O–H groups in total. The maximum absolute atomic E-state index is 14.7. The largest absolute Gasteiger partial charge is 0.491 e. The molecule has 2 aromatic carbocycles. The molecule has 0 radical (unpaired) electrons. The molecule has 0 atom stereocenters. The normalized spacial score (nSPS) is 12.5. The number of hydrogen-bond donors (Lipinski definition) is 1. The van der Waals surface area contributed by atoms with E-state index in [2.05, 4.69) is 32.3 Å². The zero-order chi connectivity index (χ0) is 33.6. The quantitative estimate of drug-likeness (QED) is 0.0895. The van der Waals surface area contributed by atoms with Gasteiger partial charge in [0.1, 0.15) is 0 Å². The predicted molar refractivity (Wildman–Crippen MR) is 189 cm³/mol. The van der Waals surface area contributed by atoms with E-state index in [0.717, 1.165) is 50.0 Å². The topological polar surface area (TPSA) is 106 Å². The lowest BCUT2D eigenvalue weighted by Crippen LogP contribution is -2.27. The summed E-state index contributed by atoms with van der Waals surface area (Å²) in [4.78, 5) is 27.2. The first-order valence-electron chi connectivity index (χ1n) is 15.8. The molecule has 0 saturated heterocycles. The zero-order valence-corrected chi connectivity index (χ0v) is 28.9. The van der Waals surface area contributed by atoms with Crippen molar-refractivity contribution in [2.24, 2.45) is 0 Å².